The van der Waals surface area contributed by atoms with Crippen molar-refractivity contribution in [3.05, 3.63) is 36.3 Å². The molecular weight excluding hydrogens is 255 g/mol. The van der Waals surface area contributed by atoms with E-state index >= 15 is 0 Å². The molecular formula is C15H15FN4. The van der Waals surface area contributed by atoms with Crippen molar-refractivity contribution < 1.29 is 4.39 Å². The first-order chi connectivity index (χ1) is 9.83. The predicted molar refractivity (Wildman–Crippen MR) is 78.6 cm³/mol. The van der Waals surface area contributed by atoms with E-state index in [9.17, 15) is 4.39 Å². The highest BCUT2D eigenvalue weighted by Crippen LogP contribution is 2.31. The molecule has 5 heteroatoms. The molecule has 1 fully saturated rings. The zero-order chi connectivity index (χ0) is 13.5. The molecule has 0 aliphatic carbocycles. The molecule has 1 aromatic carbocycles. The lowest BCUT2D eigenvalue weighted by Crippen LogP contribution is -2.43. The molecule has 1 aliphatic heterocycles. The third kappa shape index (κ3) is 1.74. The molecule has 20 heavy (non-hydrogen) atoms. The van der Waals surface area contributed by atoms with Crippen molar-refractivity contribution in [3.63, 3.8) is 0 Å². The number of hydrogen-bond acceptors (Lipinski definition) is 3. The van der Waals surface area contributed by atoms with E-state index in [2.05, 4.69) is 15.2 Å². The average molecular weight is 270 g/mol. The number of nitrogens with zero attached hydrogens (tertiary/aromatic N) is 2. The van der Waals surface area contributed by atoms with Gasteiger partial charge in [0.05, 0.1) is 11.0 Å². The summed E-state index contributed by atoms with van der Waals surface area (Å²) in [5.74, 6) is 0.697. The molecule has 1 saturated heterocycles. The Morgan fingerprint density at radius 3 is 2.80 bits per heavy atom. The number of aromatic amines is 1. The normalized spacial score (nSPS) is 16.1. The summed E-state index contributed by atoms with van der Waals surface area (Å²) in [5.41, 5.74) is 1.73. The number of benzene rings is 1. The lowest BCUT2D eigenvalue weighted by molar-refractivity contribution is 0.586. The molecule has 1 aliphatic rings. The van der Waals surface area contributed by atoms with Crippen molar-refractivity contribution >= 4 is 27.6 Å². The Bertz CT molecular complexity index is 774. The highest BCUT2D eigenvalue weighted by atomic mass is 19.1. The van der Waals surface area contributed by atoms with E-state index in [4.69, 9.17) is 4.98 Å². The van der Waals surface area contributed by atoms with Gasteiger partial charge in [0, 0.05) is 49.2 Å². The van der Waals surface area contributed by atoms with E-state index < -0.39 is 0 Å². The Morgan fingerprint density at radius 1 is 1.10 bits per heavy atom. The van der Waals surface area contributed by atoms with Crippen LogP contribution in [0.4, 0.5) is 10.2 Å². The molecule has 0 atom stereocenters. The molecule has 0 saturated carbocycles. The van der Waals surface area contributed by atoms with Crippen LogP contribution in [-0.2, 0) is 0 Å². The molecule has 0 radical (unpaired) electrons. The zero-order valence-electron chi connectivity index (χ0n) is 11.0. The van der Waals surface area contributed by atoms with Gasteiger partial charge in [-0.05, 0) is 18.2 Å². The van der Waals surface area contributed by atoms with Gasteiger partial charge in [0.1, 0.15) is 11.6 Å². The second kappa shape index (κ2) is 4.45. The third-order valence-electron chi connectivity index (χ3n) is 3.86. The Labute approximate surface area is 115 Å². The molecule has 4 nitrogen and oxygen atoms in total. The minimum Gasteiger partial charge on any atom is -0.361 e. The summed E-state index contributed by atoms with van der Waals surface area (Å²) in [5, 5.41) is 5.40. The van der Waals surface area contributed by atoms with Gasteiger partial charge in [0.15, 0.2) is 0 Å². The number of rotatable bonds is 1. The molecule has 0 unspecified atom stereocenters. The monoisotopic (exact) mass is 270 g/mol. The molecule has 0 amide bonds. The summed E-state index contributed by atoms with van der Waals surface area (Å²) in [6, 6.07) is 6.82. The molecule has 102 valence electrons. The third-order valence-corrected chi connectivity index (χ3v) is 3.86. The summed E-state index contributed by atoms with van der Waals surface area (Å²) >= 11 is 0. The van der Waals surface area contributed by atoms with Gasteiger partial charge >= 0.3 is 0 Å². The topological polar surface area (TPSA) is 44.0 Å². The number of fused-ring (bicyclic) bond motifs is 3. The number of aromatic nitrogens is 2. The van der Waals surface area contributed by atoms with Crippen LogP contribution >= 0.6 is 0 Å². The first-order valence-electron chi connectivity index (χ1n) is 6.85. The second-order valence-corrected chi connectivity index (χ2v) is 5.10. The quantitative estimate of drug-likeness (QED) is 0.713. The van der Waals surface area contributed by atoms with Crippen LogP contribution < -0.4 is 10.2 Å². The van der Waals surface area contributed by atoms with Gasteiger partial charge in [-0.1, -0.05) is 0 Å². The second-order valence-electron chi connectivity index (χ2n) is 5.10. The van der Waals surface area contributed by atoms with E-state index in [1.807, 2.05) is 12.3 Å². The van der Waals surface area contributed by atoms with Gasteiger partial charge in [0.25, 0.3) is 0 Å². The van der Waals surface area contributed by atoms with Crippen LogP contribution in [0.2, 0.25) is 0 Å². The van der Waals surface area contributed by atoms with Crippen molar-refractivity contribution in [2.75, 3.05) is 31.1 Å². The summed E-state index contributed by atoms with van der Waals surface area (Å²) in [7, 11) is 0. The van der Waals surface area contributed by atoms with Crippen LogP contribution in [-0.4, -0.2) is 36.1 Å². The van der Waals surface area contributed by atoms with Crippen LogP contribution in [0.25, 0.3) is 21.8 Å². The minimum atomic E-state index is -0.248. The van der Waals surface area contributed by atoms with Crippen molar-refractivity contribution in [1.82, 2.24) is 15.3 Å². The Kier molecular flexibility index (Phi) is 2.60. The number of pyridine rings is 1. The molecule has 3 aromatic rings. The fraction of sp³-hybridized carbons (Fsp3) is 0.267. The lowest BCUT2D eigenvalue weighted by Gasteiger charge is -2.29. The maximum Gasteiger partial charge on any atom is 0.138 e. The van der Waals surface area contributed by atoms with Gasteiger partial charge in [-0.25, -0.2) is 9.37 Å². The van der Waals surface area contributed by atoms with E-state index in [0.29, 0.717) is 5.52 Å². The fourth-order valence-electron chi connectivity index (χ4n) is 2.88. The van der Waals surface area contributed by atoms with Gasteiger partial charge in [-0.2, -0.15) is 0 Å². The van der Waals surface area contributed by atoms with Crippen molar-refractivity contribution in [2.45, 2.75) is 0 Å². The molecule has 4 rings (SSSR count). The van der Waals surface area contributed by atoms with Crippen molar-refractivity contribution in [1.29, 1.82) is 0 Å². The SMILES string of the molecule is Fc1ccc2c(c1)nc(N1CCNCC1)c1cc[nH]c12. The number of anilines is 1. The molecule has 2 aromatic heterocycles. The van der Waals surface area contributed by atoms with Crippen molar-refractivity contribution in [2.24, 2.45) is 0 Å². The zero-order valence-corrected chi connectivity index (χ0v) is 11.0. The average Bonchev–Trinajstić information content (AvgIpc) is 2.96. The first kappa shape index (κ1) is 11.7. The first-order valence-corrected chi connectivity index (χ1v) is 6.85. The van der Waals surface area contributed by atoms with E-state index in [-0.39, 0.29) is 5.82 Å². The van der Waals surface area contributed by atoms with Crippen molar-refractivity contribution in [3.8, 4) is 0 Å². The van der Waals surface area contributed by atoms with Gasteiger partial charge in [-0.3, -0.25) is 0 Å². The summed E-state index contributed by atoms with van der Waals surface area (Å²) in [6.45, 7) is 3.76. The smallest absolute Gasteiger partial charge is 0.138 e. The maximum atomic E-state index is 13.5. The van der Waals surface area contributed by atoms with Gasteiger partial charge < -0.3 is 15.2 Å². The highest BCUT2D eigenvalue weighted by molar-refractivity contribution is 6.08. The summed E-state index contributed by atoms with van der Waals surface area (Å²) in [4.78, 5) is 10.2. The van der Waals surface area contributed by atoms with Gasteiger partial charge in [-0.15, -0.1) is 0 Å². The molecule has 0 bridgehead atoms. The number of halogens is 1. The fourth-order valence-corrected chi connectivity index (χ4v) is 2.88. The van der Waals surface area contributed by atoms with Crippen LogP contribution in [0, 0.1) is 5.82 Å². The lowest BCUT2D eigenvalue weighted by atomic mass is 10.1. The Hall–Kier alpha value is -2.14. The number of nitrogens with one attached hydrogen (secondary N) is 2. The minimum absolute atomic E-state index is 0.248. The largest absolute Gasteiger partial charge is 0.361 e. The van der Waals surface area contributed by atoms with E-state index in [0.717, 1.165) is 48.3 Å². The van der Waals surface area contributed by atoms with Crippen LogP contribution in [0.5, 0.6) is 0 Å². The molecule has 3 heterocycles. The molecule has 0 spiro atoms. The predicted octanol–water partition coefficient (Wildman–Crippen LogP) is 2.26. The number of piperazine rings is 1. The van der Waals surface area contributed by atoms with E-state index in [1.54, 1.807) is 6.07 Å². The van der Waals surface area contributed by atoms with E-state index in [1.165, 1.54) is 12.1 Å². The maximum absolute atomic E-state index is 13.5. The highest BCUT2D eigenvalue weighted by Gasteiger charge is 2.17. The summed E-state index contributed by atoms with van der Waals surface area (Å²) < 4.78 is 13.5. The Balaban J connectivity index is 1.99. The standard InChI is InChI=1S/C15H15FN4/c16-10-1-2-11-13(9-10)19-15(12-3-4-18-14(11)12)20-7-5-17-6-8-20/h1-4,9,17-18H,5-8H2. The Morgan fingerprint density at radius 2 is 1.95 bits per heavy atom. The van der Waals surface area contributed by atoms with Crippen LogP contribution in [0.1, 0.15) is 0 Å². The van der Waals surface area contributed by atoms with Crippen LogP contribution in [0.3, 0.4) is 0 Å². The van der Waals surface area contributed by atoms with Gasteiger partial charge in [0.2, 0.25) is 0 Å². The molecule has 2 N–H and O–H groups in total. The summed E-state index contributed by atoms with van der Waals surface area (Å²) in [6.07, 6.45) is 1.92. The number of H-pyrrole nitrogens is 1. The van der Waals surface area contributed by atoms with Crippen LogP contribution in [0.15, 0.2) is 30.5 Å². The number of hydrogen-bond donors (Lipinski definition) is 2.